The van der Waals surface area contributed by atoms with Crippen LogP contribution in [-0.2, 0) is 10.2 Å². The van der Waals surface area contributed by atoms with E-state index in [-0.39, 0.29) is 11.3 Å². The van der Waals surface area contributed by atoms with E-state index in [1.54, 1.807) is 0 Å². The van der Waals surface area contributed by atoms with Crippen molar-refractivity contribution < 1.29 is 9.90 Å². The minimum Gasteiger partial charge on any atom is -0.508 e. The second-order valence-electron chi connectivity index (χ2n) is 8.33. The van der Waals surface area contributed by atoms with Gasteiger partial charge in [0.2, 0.25) is 0 Å². The lowest BCUT2D eigenvalue weighted by Crippen LogP contribution is -2.22. The average Bonchev–Trinajstić information content (AvgIpc) is 2.54. The Hall–Kier alpha value is -1.31. The van der Waals surface area contributed by atoms with Crippen molar-refractivity contribution >= 4 is 5.78 Å². The highest BCUT2D eigenvalue weighted by molar-refractivity contribution is 5.80. The lowest BCUT2D eigenvalue weighted by Gasteiger charge is -2.30. The molecule has 0 amide bonds. The smallest absolute Gasteiger partial charge is 0.133 e. The quantitative estimate of drug-likeness (QED) is 0.612. The Labute approximate surface area is 147 Å². The van der Waals surface area contributed by atoms with E-state index in [9.17, 15) is 9.90 Å². The van der Waals surface area contributed by atoms with E-state index in [0.717, 1.165) is 18.4 Å². The van der Waals surface area contributed by atoms with E-state index in [1.807, 2.05) is 6.07 Å². The SMILES string of the molecule is CCCCCCC(C)(C)c1ccc(C2CC(=O)CCC2C)c(O)c1. The second kappa shape index (κ2) is 8.18. The van der Waals surface area contributed by atoms with E-state index >= 15 is 0 Å². The molecule has 24 heavy (non-hydrogen) atoms. The molecule has 2 nitrogen and oxygen atoms in total. The van der Waals surface area contributed by atoms with Crippen molar-refractivity contribution in [2.75, 3.05) is 0 Å². The molecule has 1 fully saturated rings. The Morgan fingerprint density at radius 2 is 1.96 bits per heavy atom. The van der Waals surface area contributed by atoms with Crippen molar-refractivity contribution in [1.29, 1.82) is 0 Å². The highest BCUT2D eigenvalue weighted by Crippen LogP contribution is 2.41. The van der Waals surface area contributed by atoms with Crippen LogP contribution in [0.1, 0.15) is 96.1 Å². The van der Waals surface area contributed by atoms with Crippen LogP contribution in [0.15, 0.2) is 18.2 Å². The molecule has 1 aromatic rings. The van der Waals surface area contributed by atoms with E-state index in [1.165, 1.54) is 31.2 Å². The maximum atomic E-state index is 11.8. The Balaban J connectivity index is 2.12. The lowest BCUT2D eigenvalue weighted by molar-refractivity contribution is -0.121. The van der Waals surface area contributed by atoms with Gasteiger partial charge in [-0.2, -0.15) is 0 Å². The van der Waals surface area contributed by atoms with Crippen LogP contribution in [0, 0.1) is 5.92 Å². The molecule has 1 aliphatic carbocycles. The summed E-state index contributed by atoms with van der Waals surface area (Å²) < 4.78 is 0. The fourth-order valence-electron chi connectivity index (χ4n) is 3.97. The normalized spacial score (nSPS) is 21.9. The molecule has 2 unspecified atom stereocenters. The number of unbranched alkanes of at least 4 members (excludes halogenated alkanes) is 3. The first kappa shape index (κ1) is 19.0. The molecule has 0 spiro atoms. The summed E-state index contributed by atoms with van der Waals surface area (Å²) in [6.07, 6.45) is 8.43. The predicted octanol–water partition coefficient (Wildman–Crippen LogP) is 6.11. The third kappa shape index (κ3) is 4.62. The van der Waals surface area contributed by atoms with Crippen LogP contribution in [0.3, 0.4) is 0 Å². The molecule has 2 rings (SSSR count). The minimum atomic E-state index is 0.0811. The van der Waals surface area contributed by atoms with Crippen molar-refractivity contribution in [2.24, 2.45) is 5.92 Å². The number of hydrogen-bond acceptors (Lipinski definition) is 2. The van der Waals surface area contributed by atoms with E-state index in [2.05, 4.69) is 39.8 Å². The molecular weight excluding hydrogens is 296 g/mol. The van der Waals surface area contributed by atoms with Gasteiger partial charge in [0, 0.05) is 12.8 Å². The van der Waals surface area contributed by atoms with Gasteiger partial charge in [-0.15, -0.1) is 0 Å². The third-order valence-electron chi connectivity index (χ3n) is 5.88. The zero-order chi connectivity index (χ0) is 17.7. The molecule has 0 aromatic heterocycles. The number of phenols is 1. The number of Topliss-reactive ketones (excluding diaryl/α,β-unsaturated/α-hetero) is 1. The Morgan fingerprint density at radius 3 is 2.62 bits per heavy atom. The summed E-state index contributed by atoms with van der Waals surface area (Å²) in [6, 6.07) is 6.18. The summed E-state index contributed by atoms with van der Waals surface area (Å²) in [5.41, 5.74) is 2.24. The molecule has 0 aliphatic heterocycles. The molecule has 2 atom stereocenters. The van der Waals surface area contributed by atoms with Gasteiger partial charge in [0.25, 0.3) is 0 Å². The number of carbonyl (C=O) groups excluding carboxylic acids is 1. The number of carbonyl (C=O) groups is 1. The van der Waals surface area contributed by atoms with Gasteiger partial charge >= 0.3 is 0 Å². The summed E-state index contributed by atoms with van der Waals surface area (Å²) in [5.74, 6) is 1.34. The van der Waals surface area contributed by atoms with Gasteiger partial charge in [-0.3, -0.25) is 4.79 Å². The fraction of sp³-hybridized carbons (Fsp3) is 0.682. The minimum absolute atomic E-state index is 0.0811. The van der Waals surface area contributed by atoms with Gasteiger partial charge in [-0.1, -0.05) is 65.5 Å². The second-order valence-corrected chi connectivity index (χ2v) is 8.33. The highest BCUT2D eigenvalue weighted by atomic mass is 16.3. The van der Waals surface area contributed by atoms with Gasteiger partial charge in [0.05, 0.1) is 0 Å². The summed E-state index contributed by atoms with van der Waals surface area (Å²) >= 11 is 0. The number of rotatable bonds is 7. The van der Waals surface area contributed by atoms with Crippen LogP contribution in [-0.4, -0.2) is 10.9 Å². The van der Waals surface area contributed by atoms with Crippen LogP contribution in [0.2, 0.25) is 0 Å². The number of ketones is 1. The van der Waals surface area contributed by atoms with Crippen LogP contribution in [0.4, 0.5) is 0 Å². The van der Waals surface area contributed by atoms with Gasteiger partial charge < -0.3 is 5.11 Å². The molecule has 0 bridgehead atoms. The summed E-state index contributed by atoms with van der Waals surface area (Å²) in [4.78, 5) is 11.8. The van der Waals surface area contributed by atoms with Crippen molar-refractivity contribution in [3.8, 4) is 5.75 Å². The van der Waals surface area contributed by atoms with Gasteiger partial charge in [-0.25, -0.2) is 0 Å². The molecule has 0 saturated heterocycles. The van der Waals surface area contributed by atoms with E-state index in [4.69, 9.17) is 0 Å². The fourth-order valence-corrected chi connectivity index (χ4v) is 3.97. The first-order valence-corrected chi connectivity index (χ1v) is 9.70. The van der Waals surface area contributed by atoms with Gasteiger partial charge in [0.15, 0.2) is 0 Å². The first-order valence-electron chi connectivity index (χ1n) is 9.70. The molecule has 2 heteroatoms. The van der Waals surface area contributed by atoms with E-state index < -0.39 is 0 Å². The van der Waals surface area contributed by atoms with Crippen molar-refractivity contribution in [2.45, 2.75) is 90.4 Å². The van der Waals surface area contributed by atoms with Crippen molar-refractivity contribution in [3.05, 3.63) is 29.3 Å². The molecule has 1 N–H and O–H groups in total. The van der Waals surface area contributed by atoms with Crippen molar-refractivity contribution in [1.82, 2.24) is 0 Å². The number of hydrogen-bond donors (Lipinski definition) is 1. The molecule has 1 saturated carbocycles. The molecule has 0 radical (unpaired) electrons. The zero-order valence-corrected chi connectivity index (χ0v) is 15.9. The lowest BCUT2D eigenvalue weighted by atomic mass is 9.74. The number of phenolic OH excluding ortho intramolecular Hbond substituents is 1. The maximum absolute atomic E-state index is 11.8. The van der Waals surface area contributed by atoms with Crippen LogP contribution in [0.25, 0.3) is 0 Å². The topological polar surface area (TPSA) is 37.3 Å². The molecule has 1 aromatic carbocycles. The largest absolute Gasteiger partial charge is 0.508 e. The average molecular weight is 331 g/mol. The number of benzene rings is 1. The number of aromatic hydroxyl groups is 1. The predicted molar refractivity (Wildman–Crippen MR) is 101 cm³/mol. The van der Waals surface area contributed by atoms with Crippen LogP contribution >= 0.6 is 0 Å². The van der Waals surface area contributed by atoms with Crippen molar-refractivity contribution in [3.63, 3.8) is 0 Å². The molecular formula is C22H34O2. The summed E-state index contributed by atoms with van der Waals surface area (Å²) in [7, 11) is 0. The van der Waals surface area contributed by atoms with Crippen LogP contribution in [0.5, 0.6) is 5.75 Å². The summed E-state index contributed by atoms with van der Waals surface area (Å²) in [5, 5.41) is 10.6. The Morgan fingerprint density at radius 1 is 1.21 bits per heavy atom. The van der Waals surface area contributed by atoms with Crippen LogP contribution < -0.4 is 0 Å². The third-order valence-corrected chi connectivity index (χ3v) is 5.88. The van der Waals surface area contributed by atoms with E-state index in [0.29, 0.717) is 30.3 Å². The monoisotopic (exact) mass is 330 g/mol. The van der Waals surface area contributed by atoms with Gasteiger partial charge in [-0.05, 0) is 47.3 Å². The molecule has 134 valence electrons. The Bertz CT molecular complexity index is 559. The molecule has 0 heterocycles. The Kier molecular flexibility index (Phi) is 6.48. The zero-order valence-electron chi connectivity index (χ0n) is 15.9. The standard InChI is InChI=1S/C22H34O2/c1-5-6-7-8-13-22(3,4)17-10-12-19(21(24)14-17)20-15-18(23)11-9-16(20)2/h10,12,14,16,20,24H,5-9,11,13,15H2,1-4H3. The first-order chi connectivity index (χ1) is 11.3. The maximum Gasteiger partial charge on any atom is 0.133 e. The highest BCUT2D eigenvalue weighted by Gasteiger charge is 2.30. The summed E-state index contributed by atoms with van der Waals surface area (Å²) in [6.45, 7) is 8.96. The molecule has 1 aliphatic rings. The van der Waals surface area contributed by atoms with Gasteiger partial charge in [0.1, 0.15) is 11.5 Å².